The van der Waals surface area contributed by atoms with Crippen LogP contribution in [0.2, 0.25) is 0 Å². The van der Waals surface area contributed by atoms with Crippen molar-refractivity contribution in [1.29, 1.82) is 0 Å². The van der Waals surface area contributed by atoms with Crippen LogP contribution in [0, 0.1) is 0 Å². The van der Waals surface area contributed by atoms with E-state index in [0.29, 0.717) is 0 Å². The Morgan fingerprint density at radius 1 is 1.50 bits per heavy atom. The first-order valence-corrected chi connectivity index (χ1v) is 3.99. The highest BCUT2D eigenvalue weighted by Crippen LogP contribution is 2.25. The molecular formula is C7H11F3N2O2. The maximum absolute atomic E-state index is 12.1. The van der Waals surface area contributed by atoms with Crippen molar-refractivity contribution < 1.29 is 22.7 Å². The van der Waals surface area contributed by atoms with Crippen LogP contribution in [0.1, 0.15) is 0 Å². The molecule has 4 nitrogen and oxygen atoms in total. The summed E-state index contributed by atoms with van der Waals surface area (Å²) < 4.78 is 40.8. The van der Waals surface area contributed by atoms with Crippen LogP contribution in [-0.2, 0) is 9.53 Å². The van der Waals surface area contributed by atoms with Crippen molar-refractivity contribution >= 4 is 5.91 Å². The number of carbonyl (C=O) groups excluding carboxylic acids is 1. The molecule has 1 heterocycles. The number of carbonyl (C=O) groups is 1. The predicted octanol–water partition coefficient (Wildman–Crippen LogP) is -0.0486. The lowest BCUT2D eigenvalue weighted by Gasteiger charge is -2.17. The van der Waals surface area contributed by atoms with Crippen LogP contribution in [0.5, 0.6) is 0 Å². The van der Waals surface area contributed by atoms with Crippen molar-refractivity contribution in [3.8, 4) is 0 Å². The summed E-state index contributed by atoms with van der Waals surface area (Å²) in [7, 11) is 2.93. The van der Waals surface area contributed by atoms with Gasteiger partial charge in [0.15, 0.2) is 6.10 Å². The zero-order valence-corrected chi connectivity index (χ0v) is 7.76. The summed E-state index contributed by atoms with van der Waals surface area (Å²) in [5, 5.41) is 2.09. The molecule has 7 heteroatoms. The van der Waals surface area contributed by atoms with Gasteiger partial charge in [-0.05, 0) is 0 Å². The normalized spacial score (nSPS) is 27.8. The van der Waals surface area contributed by atoms with Crippen LogP contribution >= 0.6 is 0 Å². The molecule has 1 fully saturated rings. The number of amides is 1. The average molecular weight is 212 g/mol. The van der Waals surface area contributed by atoms with Crippen LogP contribution in [-0.4, -0.2) is 50.0 Å². The third kappa shape index (κ3) is 2.36. The molecule has 0 saturated carbocycles. The van der Waals surface area contributed by atoms with Gasteiger partial charge >= 0.3 is 6.18 Å². The molecule has 0 aliphatic carbocycles. The Morgan fingerprint density at radius 2 is 2.07 bits per heavy atom. The topological polar surface area (TPSA) is 41.6 Å². The first-order chi connectivity index (χ1) is 6.32. The molecule has 0 spiro atoms. The van der Waals surface area contributed by atoms with Crippen molar-refractivity contribution in [2.45, 2.75) is 18.5 Å². The van der Waals surface area contributed by atoms with E-state index in [1.807, 2.05) is 0 Å². The molecule has 1 aliphatic rings. The van der Waals surface area contributed by atoms with E-state index in [1.165, 1.54) is 19.0 Å². The van der Waals surface area contributed by atoms with Gasteiger partial charge in [0.1, 0.15) is 0 Å². The van der Waals surface area contributed by atoms with E-state index in [-0.39, 0.29) is 6.54 Å². The fourth-order valence-electron chi connectivity index (χ4n) is 1.10. The molecule has 0 radical (unpaired) electrons. The number of likely N-dealkylation sites (N-methyl/N-ethyl adjacent to an activating group) is 1. The van der Waals surface area contributed by atoms with Crippen LogP contribution < -0.4 is 5.32 Å². The Morgan fingerprint density at radius 3 is 2.43 bits per heavy atom. The maximum atomic E-state index is 12.1. The van der Waals surface area contributed by atoms with Crippen molar-refractivity contribution in [1.82, 2.24) is 10.2 Å². The van der Waals surface area contributed by atoms with E-state index >= 15 is 0 Å². The highest BCUT2D eigenvalue weighted by molar-refractivity contribution is 5.80. The zero-order chi connectivity index (χ0) is 10.9. The summed E-state index contributed by atoms with van der Waals surface area (Å²) in [5.74, 6) is -0.468. The second-order valence-corrected chi connectivity index (χ2v) is 3.19. The molecule has 0 bridgehead atoms. The number of nitrogens with one attached hydrogen (secondary N) is 1. The van der Waals surface area contributed by atoms with Crippen LogP contribution in [0.3, 0.4) is 0 Å². The van der Waals surface area contributed by atoms with Crippen molar-refractivity contribution in [2.24, 2.45) is 0 Å². The SMILES string of the molecule is CN(C)C(=O)C1CNC(C(F)(F)F)O1. The molecule has 2 unspecified atom stereocenters. The summed E-state index contributed by atoms with van der Waals surface area (Å²) in [6, 6.07) is 0. The summed E-state index contributed by atoms with van der Waals surface area (Å²) in [6.45, 7) is -0.110. The Labute approximate surface area is 79.0 Å². The van der Waals surface area contributed by atoms with E-state index < -0.39 is 24.4 Å². The molecule has 1 aliphatic heterocycles. The van der Waals surface area contributed by atoms with Crippen LogP contribution in [0.15, 0.2) is 0 Å². The van der Waals surface area contributed by atoms with Crippen LogP contribution in [0.25, 0.3) is 0 Å². The molecule has 1 rings (SSSR count). The first kappa shape index (κ1) is 11.3. The minimum absolute atomic E-state index is 0.110. The fourth-order valence-corrected chi connectivity index (χ4v) is 1.10. The summed E-state index contributed by atoms with van der Waals surface area (Å²) in [4.78, 5) is 12.4. The predicted molar refractivity (Wildman–Crippen MR) is 41.4 cm³/mol. The number of hydrogen-bond donors (Lipinski definition) is 1. The molecule has 14 heavy (non-hydrogen) atoms. The molecule has 2 atom stereocenters. The molecule has 0 aromatic rings. The summed E-state index contributed by atoms with van der Waals surface area (Å²) in [5.41, 5.74) is 0. The Kier molecular flexibility index (Phi) is 3.01. The van der Waals surface area contributed by atoms with Gasteiger partial charge in [0.2, 0.25) is 6.23 Å². The quantitative estimate of drug-likeness (QED) is 0.662. The average Bonchev–Trinajstić information content (AvgIpc) is 2.49. The van der Waals surface area contributed by atoms with Gasteiger partial charge in [-0.3, -0.25) is 10.1 Å². The molecular weight excluding hydrogens is 201 g/mol. The van der Waals surface area contributed by atoms with E-state index in [2.05, 4.69) is 10.1 Å². The lowest BCUT2D eigenvalue weighted by molar-refractivity contribution is -0.220. The maximum Gasteiger partial charge on any atom is 0.428 e. The van der Waals surface area contributed by atoms with Crippen molar-refractivity contribution in [2.75, 3.05) is 20.6 Å². The Hall–Kier alpha value is -0.820. The summed E-state index contributed by atoms with van der Waals surface area (Å²) in [6.07, 6.45) is -7.55. The van der Waals surface area contributed by atoms with Gasteiger partial charge in [-0.2, -0.15) is 13.2 Å². The molecule has 82 valence electrons. The lowest BCUT2D eigenvalue weighted by atomic mass is 10.3. The lowest BCUT2D eigenvalue weighted by Crippen LogP contribution is -2.38. The highest BCUT2D eigenvalue weighted by atomic mass is 19.4. The number of hydrogen-bond acceptors (Lipinski definition) is 3. The summed E-state index contributed by atoms with van der Waals surface area (Å²) >= 11 is 0. The number of ether oxygens (including phenoxy) is 1. The van der Waals surface area contributed by atoms with Gasteiger partial charge in [0, 0.05) is 20.6 Å². The second kappa shape index (κ2) is 3.74. The Bertz CT molecular complexity index is 229. The van der Waals surface area contributed by atoms with Crippen molar-refractivity contribution in [3.63, 3.8) is 0 Å². The van der Waals surface area contributed by atoms with E-state index in [1.54, 1.807) is 0 Å². The molecule has 0 aromatic heterocycles. The molecule has 0 aromatic carbocycles. The molecule has 1 N–H and O–H groups in total. The molecule has 1 saturated heterocycles. The Balaban J connectivity index is 2.54. The minimum atomic E-state index is -4.47. The first-order valence-electron chi connectivity index (χ1n) is 3.99. The monoisotopic (exact) mass is 212 g/mol. The van der Waals surface area contributed by atoms with Gasteiger partial charge in [0.25, 0.3) is 5.91 Å². The standard InChI is InChI=1S/C7H11F3N2O2/c1-12(2)5(13)4-3-11-6(14-4)7(8,9)10/h4,6,11H,3H2,1-2H3. The number of halogens is 3. The minimum Gasteiger partial charge on any atom is -0.347 e. The van der Waals surface area contributed by atoms with Gasteiger partial charge in [-0.15, -0.1) is 0 Å². The zero-order valence-electron chi connectivity index (χ0n) is 7.76. The van der Waals surface area contributed by atoms with Gasteiger partial charge in [0.05, 0.1) is 0 Å². The van der Waals surface area contributed by atoms with Gasteiger partial charge in [-0.25, -0.2) is 0 Å². The number of nitrogens with zero attached hydrogens (tertiary/aromatic N) is 1. The largest absolute Gasteiger partial charge is 0.428 e. The van der Waals surface area contributed by atoms with Gasteiger partial charge < -0.3 is 9.64 Å². The van der Waals surface area contributed by atoms with Crippen molar-refractivity contribution in [3.05, 3.63) is 0 Å². The van der Waals surface area contributed by atoms with Crippen LogP contribution in [0.4, 0.5) is 13.2 Å². The van der Waals surface area contributed by atoms with E-state index in [0.717, 1.165) is 0 Å². The molecule has 1 amide bonds. The van der Waals surface area contributed by atoms with E-state index in [4.69, 9.17) is 0 Å². The van der Waals surface area contributed by atoms with E-state index in [9.17, 15) is 18.0 Å². The fraction of sp³-hybridized carbons (Fsp3) is 0.857. The highest BCUT2D eigenvalue weighted by Gasteiger charge is 2.47. The third-order valence-electron chi connectivity index (χ3n) is 1.80. The smallest absolute Gasteiger partial charge is 0.347 e. The number of alkyl halides is 3. The second-order valence-electron chi connectivity index (χ2n) is 3.19. The third-order valence-corrected chi connectivity index (χ3v) is 1.80. The number of rotatable bonds is 1. The van der Waals surface area contributed by atoms with Gasteiger partial charge in [-0.1, -0.05) is 0 Å².